The van der Waals surface area contributed by atoms with Crippen molar-refractivity contribution >= 4 is 12.1 Å². The highest BCUT2D eigenvalue weighted by atomic mass is 16.5. The molecule has 0 saturated carbocycles. The normalized spacial score (nSPS) is 5.89. The maximum Gasteiger partial charge on any atom is 0.404 e. The molecule has 0 aromatic rings. The zero-order valence-corrected chi connectivity index (χ0v) is 5.10. The van der Waals surface area contributed by atoms with Crippen LogP contribution in [0.1, 0.15) is 6.92 Å². The second kappa shape index (κ2) is 9.82. The number of carbonyl (C=O) groups is 1. The molecule has 1 amide bonds. The number of primary amides is 1. The van der Waals surface area contributed by atoms with Crippen molar-refractivity contribution in [2.75, 3.05) is 6.61 Å². The predicted molar refractivity (Wildman–Crippen MR) is 31.7 cm³/mol. The highest BCUT2D eigenvalue weighted by Crippen LogP contribution is 1.66. The first-order valence-corrected chi connectivity index (χ1v) is 2.19. The van der Waals surface area contributed by atoms with Crippen LogP contribution in [0.5, 0.6) is 0 Å². The number of nitrogens with two attached hydrogens (primary N) is 1. The minimum atomic E-state index is -0.711. The van der Waals surface area contributed by atoms with Crippen molar-refractivity contribution in [2.45, 2.75) is 6.92 Å². The summed E-state index contributed by atoms with van der Waals surface area (Å²) < 4.78 is 4.18. The van der Waals surface area contributed by atoms with E-state index in [1.54, 1.807) is 6.92 Å². The van der Waals surface area contributed by atoms with Crippen LogP contribution in [0.4, 0.5) is 4.79 Å². The van der Waals surface area contributed by atoms with E-state index in [2.05, 4.69) is 10.5 Å². The molecule has 0 radical (unpaired) electrons. The fourth-order valence-corrected chi connectivity index (χ4v) is 0.142. The molecule has 0 fully saturated rings. The molecule has 0 aliphatic carbocycles. The molecule has 9 heavy (non-hydrogen) atoms. The van der Waals surface area contributed by atoms with E-state index in [1.807, 2.05) is 0 Å². The van der Waals surface area contributed by atoms with Gasteiger partial charge in [-0.15, -0.1) is 0 Å². The number of hydrogen-bond acceptors (Lipinski definition) is 4. The lowest BCUT2D eigenvalue weighted by Crippen LogP contribution is -2.11. The van der Waals surface area contributed by atoms with Crippen LogP contribution in [0.25, 0.3) is 0 Å². The fraction of sp³-hybridized carbons (Fsp3) is 0.500. The van der Waals surface area contributed by atoms with Crippen molar-refractivity contribution < 1.29 is 9.53 Å². The number of ether oxygens (including phenoxy) is 1. The Hall–Kier alpha value is -1.35. The molecule has 52 valence electrons. The van der Waals surface area contributed by atoms with Crippen LogP contribution >= 0.6 is 0 Å². The first-order chi connectivity index (χ1) is 4.18. The van der Waals surface area contributed by atoms with E-state index in [9.17, 15) is 4.79 Å². The smallest absolute Gasteiger partial charge is 0.404 e. The quantitative estimate of drug-likeness (QED) is 0.449. The van der Waals surface area contributed by atoms with Gasteiger partial charge in [0, 0.05) is 0 Å². The first kappa shape index (κ1) is 10.6. The summed E-state index contributed by atoms with van der Waals surface area (Å²) in [4.78, 5) is 9.60. The maximum absolute atomic E-state index is 9.60. The van der Waals surface area contributed by atoms with E-state index in [-0.39, 0.29) is 0 Å². The molecule has 0 spiro atoms. The van der Waals surface area contributed by atoms with Gasteiger partial charge in [-0.1, -0.05) is 0 Å². The summed E-state index contributed by atoms with van der Waals surface area (Å²) in [7, 11) is 0. The van der Waals surface area contributed by atoms with Crippen LogP contribution in [0.2, 0.25) is 0 Å². The monoisotopic (exact) mass is 131 g/mol. The number of rotatable bonds is 1. The van der Waals surface area contributed by atoms with Gasteiger partial charge in [0.1, 0.15) is 0 Å². The van der Waals surface area contributed by atoms with Gasteiger partial charge in [-0.05, 0) is 6.92 Å². The molecule has 4 N–H and O–H groups in total. The molecule has 0 bridgehead atoms. The van der Waals surface area contributed by atoms with Crippen molar-refractivity contribution in [1.82, 2.24) is 0 Å². The van der Waals surface area contributed by atoms with Crippen LogP contribution in [-0.2, 0) is 4.74 Å². The highest BCUT2D eigenvalue weighted by Gasteiger charge is 1.82. The van der Waals surface area contributed by atoms with Gasteiger partial charge < -0.3 is 10.5 Å². The number of amides is 1. The van der Waals surface area contributed by atoms with Crippen molar-refractivity contribution in [3.63, 3.8) is 0 Å². The fourth-order valence-electron chi connectivity index (χ4n) is 0.142. The molecule has 5 heteroatoms. The third-order valence-corrected chi connectivity index (χ3v) is 0.287. The second-order valence-corrected chi connectivity index (χ2v) is 0.877. The third-order valence-electron chi connectivity index (χ3n) is 0.287. The van der Waals surface area contributed by atoms with Crippen LogP contribution in [0.3, 0.4) is 0 Å². The molecule has 0 rings (SSSR count). The van der Waals surface area contributed by atoms with Gasteiger partial charge >= 0.3 is 6.09 Å². The summed E-state index contributed by atoms with van der Waals surface area (Å²) in [5, 5.41) is 11.2. The third kappa shape index (κ3) is 52.8. The molecular formula is C4H9N3O2. The molecule has 0 saturated heterocycles. The molecule has 0 aliphatic heterocycles. The number of hydrogen-bond donors (Lipinski definition) is 3. The molecule has 0 unspecified atom stereocenters. The lowest BCUT2D eigenvalue weighted by Gasteiger charge is -1.89. The Labute approximate surface area is 52.8 Å². The lowest BCUT2D eigenvalue weighted by atomic mass is 10.9. The van der Waals surface area contributed by atoms with Crippen molar-refractivity contribution in [3.8, 4) is 0 Å². The number of nitrogens with one attached hydrogen (secondary N) is 2. The van der Waals surface area contributed by atoms with Gasteiger partial charge in [-0.2, -0.15) is 0 Å². The average Bonchev–Trinajstić information content (AvgIpc) is 1.67. The summed E-state index contributed by atoms with van der Waals surface area (Å²) in [5.41, 5.74) is 4.54. The standard InChI is InChI=1S/C3H7NO2.CH2N2/c1-2-6-3(4)5;2-1-3/h2H2,1H3,(H2,4,5);2-3H. The van der Waals surface area contributed by atoms with E-state index in [1.165, 1.54) is 6.01 Å². The van der Waals surface area contributed by atoms with Gasteiger partial charge in [0.2, 0.25) is 0 Å². The minimum absolute atomic E-state index is 0.356. The van der Waals surface area contributed by atoms with E-state index < -0.39 is 6.09 Å². The zero-order chi connectivity index (χ0) is 7.70. The summed E-state index contributed by atoms with van der Waals surface area (Å²) in [5.74, 6) is 0. The van der Waals surface area contributed by atoms with Gasteiger partial charge in [-0.3, -0.25) is 0 Å². The molecule has 0 heterocycles. The Morgan fingerprint density at radius 2 is 2.11 bits per heavy atom. The van der Waals surface area contributed by atoms with Crippen molar-refractivity contribution in [3.05, 3.63) is 0 Å². The van der Waals surface area contributed by atoms with Gasteiger partial charge in [0.15, 0.2) is 0 Å². The summed E-state index contributed by atoms with van der Waals surface area (Å²) >= 11 is 0. The molecule has 0 aliphatic rings. The minimum Gasteiger partial charge on any atom is -0.450 e. The zero-order valence-electron chi connectivity index (χ0n) is 5.10. The average molecular weight is 131 g/mol. The Morgan fingerprint density at radius 1 is 1.78 bits per heavy atom. The van der Waals surface area contributed by atoms with Crippen molar-refractivity contribution in [1.29, 1.82) is 10.8 Å². The predicted octanol–water partition coefficient (Wildman–Crippen LogP) is 0.419. The highest BCUT2D eigenvalue weighted by molar-refractivity contribution is 5.64. The Balaban J connectivity index is 0. The molecule has 0 aromatic carbocycles. The molecular weight excluding hydrogens is 122 g/mol. The van der Waals surface area contributed by atoms with E-state index in [4.69, 9.17) is 10.8 Å². The van der Waals surface area contributed by atoms with Gasteiger partial charge in [-0.25, -0.2) is 15.6 Å². The maximum atomic E-state index is 9.60. The van der Waals surface area contributed by atoms with Crippen molar-refractivity contribution in [2.24, 2.45) is 5.73 Å². The van der Waals surface area contributed by atoms with E-state index in [0.29, 0.717) is 6.61 Å². The second-order valence-electron chi connectivity index (χ2n) is 0.877. The summed E-state index contributed by atoms with van der Waals surface area (Å²) in [6.45, 7) is 2.06. The van der Waals surface area contributed by atoms with Crippen LogP contribution in [-0.4, -0.2) is 18.7 Å². The van der Waals surface area contributed by atoms with Gasteiger partial charge in [0.05, 0.1) is 12.6 Å². The summed E-state index contributed by atoms with van der Waals surface area (Å²) in [6, 6.07) is 1.25. The number of carbonyl (C=O) groups excluding carboxylic acids is 1. The summed E-state index contributed by atoms with van der Waals surface area (Å²) in [6.07, 6.45) is -0.711. The first-order valence-electron chi connectivity index (χ1n) is 2.19. The SMILES string of the molecule is CCOC(N)=O.N=C=N. The Kier molecular flexibility index (Phi) is 11.6. The van der Waals surface area contributed by atoms with Crippen LogP contribution in [0, 0.1) is 10.8 Å². The topological polar surface area (TPSA) is 100 Å². The molecule has 0 atom stereocenters. The molecule has 5 nitrogen and oxygen atoms in total. The lowest BCUT2D eigenvalue weighted by molar-refractivity contribution is 0.163. The van der Waals surface area contributed by atoms with E-state index in [0.717, 1.165) is 0 Å². The van der Waals surface area contributed by atoms with Crippen LogP contribution in [0.15, 0.2) is 0 Å². The Morgan fingerprint density at radius 3 is 2.11 bits per heavy atom. The van der Waals surface area contributed by atoms with Gasteiger partial charge in [0.25, 0.3) is 0 Å². The van der Waals surface area contributed by atoms with Crippen LogP contribution < -0.4 is 5.73 Å². The largest absolute Gasteiger partial charge is 0.450 e. The molecule has 0 aromatic heterocycles. The van der Waals surface area contributed by atoms with E-state index >= 15 is 0 Å². The Bertz CT molecular complexity index is 106.